The predicted octanol–water partition coefficient (Wildman–Crippen LogP) is 6.57. The Morgan fingerprint density at radius 3 is 2.47 bits per heavy atom. The van der Waals surface area contributed by atoms with Crippen LogP contribution in [0.5, 0.6) is 0 Å². The van der Waals surface area contributed by atoms with Gasteiger partial charge >= 0.3 is 5.97 Å². The molecule has 0 bridgehead atoms. The molecule has 0 unspecified atom stereocenters. The van der Waals surface area contributed by atoms with E-state index in [1.165, 1.54) is 18.2 Å². The number of aromatic amines is 1. The normalized spacial score (nSPS) is 14.5. The van der Waals surface area contributed by atoms with Crippen LogP contribution in [0.25, 0.3) is 28.1 Å². The lowest BCUT2D eigenvalue weighted by Crippen LogP contribution is -2.16. The predicted molar refractivity (Wildman–Crippen MR) is 134 cm³/mol. The van der Waals surface area contributed by atoms with Crippen molar-refractivity contribution in [2.45, 2.75) is 19.3 Å². The van der Waals surface area contributed by atoms with Gasteiger partial charge in [0, 0.05) is 6.08 Å². The number of H-pyrrole nitrogens is 1. The number of allylic oxidation sites excluding steroid dienone is 1. The molecular weight excluding hydrogens is 460 g/mol. The molecule has 3 aromatic carbocycles. The number of benzene rings is 3. The van der Waals surface area contributed by atoms with Crippen LogP contribution in [-0.2, 0) is 4.79 Å². The molecule has 0 spiro atoms. The fraction of sp³-hybridized carbons (Fsp3) is 0.138. The van der Waals surface area contributed by atoms with Gasteiger partial charge in [-0.25, -0.2) is 9.18 Å². The summed E-state index contributed by atoms with van der Waals surface area (Å²) in [5.74, 6) is -1.98. The minimum atomic E-state index is -1.04. The van der Waals surface area contributed by atoms with E-state index in [-0.39, 0.29) is 11.5 Å². The minimum absolute atomic E-state index is 0.147. The first-order valence-corrected chi connectivity index (χ1v) is 11.5. The Balaban J connectivity index is 1.79. The third kappa shape index (κ3) is 4.41. The zero-order chi connectivity index (χ0) is 25.2. The fourth-order valence-electron chi connectivity index (χ4n) is 4.64. The van der Waals surface area contributed by atoms with Crippen molar-refractivity contribution >= 4 is 34.1 Å². The van der Waals surface area contributed by atoms with Crippen LogP contribution in [0.3, 0.4) is 0 Å². The first-order chi connectivity index (χ1) is 17.4. The van der Waals surface area contributed by atoms with Crippen LogP contribution in [0.1, 0.15) is 47.1 Å². The molecule has 1 fully saturated rings. The van der Waals surface area contributed by atoms with Gasteiger partial charge in [-0.05, 0) is 82.5 Å². The first kappa shape index (κ1) is 23.2. The Bertz CT molecular complexity index is 1570. The number of nitrogens with one attached hydrogen (secondary N) is 1. The molecule has 1 saturated carbocycles. The first-order valence-electron chi connectivity index (χ1n) is 11.5. The monoisotopic (exact) mass is 481 g/mol. The second-order valence-electron chi connectivity index (χ2n) is 8.79. The lowest BCUT2D eigenvalue weighted by atomic mass is 9.72. The molecule has 4 aromatic rings. The molecule has 1 heterocycles. The summed E-state index contributed by atoms with van der Waals surface area (Å²) in [4.78, 5) is 10.9. The molecular formula is C29H21F2N3O2. The number of fused-ring (bicyclic) bond motifs is 1. The smallest absolute Gasteiger partial charge is 0.328 e. The molecule has 0 saturated heterocycles. The van der Waals surface area contributed by atoms with Crippen molar-refractivity contribution in [2.75, 3.05) is 0 Å². The van der Waals surface area contributed by atoms with Gasteiger partial charge in [-0.15, -0.1) is 5.10 Å². The Hall–Kier alpha value is -4.57. The second kappa shape index (κ2) is 9.59. The molecule has 1 aliphatic carbocycles. The molecule has 7 heteroatoms. The summed E-state index contributed by atoms with van der Waals surface area (Å²) in [7, 11) is 0. The number of aliphatic carboxylic acids is 1. The van der Waals surface area contributed by atoms with Crippen molar-refractivity contribution in [3.05, 3.63) is 106 Å². The fourth-order valence-corrected chi connectivity index (χ4v) is 4.64. The van der Waals surface area contributed by atoms with Crippen LogP contribution >= 0.6 is 0 Å². The molecule has 36 heavy (non-hydrogen) atoms. The molecule has 0 radical (unpaired) electrons. The van der Waals surface area contributed by atoms with Crippen LogP contribution in [-0.4, -0.2) is 21.3 Å². The number of nitrogens with zero attached hydrogens (tertiary/aromatic N) is 2. The van der Waals surface area contributed by atoms with Gasteiger partial charge in [0.15, 0.2) is 0 Å². The molecule has 5 rings (SSSR count). The molecule has 2 N–H and O–H groups in total. The maximum atomic E-state index is 14.4. The topological polar surface area (TPSA) is 89.8 Å². The van der Waals surface area contributed by atoms with E-state index in [1.54, 1.807) is 30.3 Å². The third-order valence-corrected chi connectivity index (χ3v) is 6.60. The largest absolute Gasteiger partial charge is 0.478 e. The van der Waals surface area contributed by atoms with E-state index in [2.05, 4.69) is 16.3 Å². The summed E-state index contributed by atoms with van der Waals surface area (Å²) in [5.41, 5.74) is 5.46. The van der Waals surface area contributed by atoms with Crippen LogP contribution in [0, 0.1) is 29.0 Å². The number of carboxylic acids is 1. The molecule has 1 aliphatic rings. The van der Waals surface area contributed by atoms with Crippen molar-refractivity contribution in [1.29, 1.82) is 5.26 Å². The number of rotatable bonds is 6. The molecule has 0 amide bonds. The zero-order valence-corrected chi connectivity index (χ0v) is 19.1. The van der Waals surface area contributed by atoms with E-state index in [9.17, 15) is 18.8 Å². The van der Waals surface area contributed by atoms with Crippen LogP contribution < -0.4 is 0 Å². The highest BCUT2D eigenvalue weighted by Gasteiger charge is 2.29. The van der Waals surface area contributed by atoms with Gasteiger partial charge in [0.2, 0.25) is 5.95 Å². The maximum absolute atomic E-state index is 14.4. The SMILES string of the molecule is N#Cc1cc(F)ccc1C(=C(c1ccc(C=CC(=O)O)cc1)c1ccc2[nH]nc(F)c2c1)C1CCC1. The summed E-state index contributed by atoms with van der Waals surface area (Å²) >= 11 is 0. The number of nitriles is 1. The average molecular weight is 482 g/mol. The van der Waals surface area contributed by atoms with Crippen molar-refractivity contribution in [1.82, 2.24) is 10.2 Å². The Labute approximate surface area is 206 Å². The van der Waals surface area contributed by atoms with E-state index in [0.29, 0.717) is 22.0 Å². The molecule has 1 aromatic heterocycles. The van der Waals surface area contributed by atoms with E-state index in [1.807, 2.05) is 18.2 Å². The second-order valence-corrected chi connectivity index (χ2v) is 8.79. The number of aromatic nitrogens is 2. The lowest BCUT2D eigenvalue weighted by Gasteiger charge is -2.32. The Morgan fingerprint density at radius 1 is 1.06 bits per heavy atom. The quantitative estimate of drug-likeness (QED) is 0.241. The number of carbonyl (C=O) groups is 1. The van der Waals surface area contributed by atoms with E-state index in [0.717, 1.165) is 47.6 Å². The third-order valence-electron chi connectivity index (χ3n) is 6.60. The number of carboxylic acid groups (broad SMARTS) is 1. The summed E-state index contributed by atoms with van der Waals surface area (Å²) < 4.78 is 28.5. The van der Waals surface area contributed by atoms with Gasteiger partial charge in [0.25, 0.3) is 0 Å². The van der Waals surface area contributed by atoms with Gasteiger partial charge in [0.1, 0.15) is 5.82 Å². The summed E-state index contributed by atoms with van der Waals surface area (Å²) in [6.07, 6.45) is 5.45. The van der Waals surface area contributed by atoms with Gasteiger partial charge in [0.05, 0.1) is 22.5 Å². The van der Waals surface area contributed by atoms with Crippen LogP contribution in [0.4, 0.5) is 8.78 Å². The van der Waals surface area contributed by atoms with E-state index >= 15 is 0 Å². The zero-order valence-electron chi connectivity index (χ0n) is 19.1. The molecule has 0 aliphatic heterocycles. The van der Waals surface area contributed by atoms with Gasteiger partial charge in [-0.2, -0.15) is 9.65 Å². The van der Waals surface area contributed by atoms with Crippen molar-refractivity contribution in [3.63, 3.8) is 0 Å². The van der Waals surface area contributed by atoms with Gasteiger partial charge in [-0.1, -0.05) is 42.8 Å². The maximum Gasteiger partial charge on any atom is 0.328 e. The highest BCUT2D eigenvalue weighted by Crippen LogP contribution is 2.46. The number of hydrogen-bond donors (Lipinski definition) is 2. The number of hydrogen-bond acceptors (Lipinski definition) is 3. The Kier molecular flexibility index (Phi) is 6.17. The molecule has 0 atom stereocenters. The standard InChI is InChI=1S/C29H21F2N3O2/c30-22-10-11-23(21(14-22)16-32)28(18-2-1-3-18)27(19-7-4-17(5-8-19)6-13-26(35)36)20-9-12-25-24(15-20)29(31)34-33-25/h4-15,18H,1-3H2,(H,33,34)(H,35,36). The molecule has 178 valence electrons. The molecule has 5 nitrogen and oxygen atoms in total. The van der Waals surface area contributed by atoms with E-state index < -0.39 is 17.7 Å². The minimum Gasteiger partial charge on any atom is -0.478 e. The Morgan fingerprint density at radius 2 is 1.81 bits per heavy atom. The summed E-state index contributed by atoms with van der Waals surface area (Å²) in [6, 6.07) is 19.1. The highest BCUT2D eigenvalue weighted by atomic mass is 19.1. The number of halogens is 2. The lowest BCUT2D eigenvalue weighted by molar-refractivity contribution is -0.131. The van der Waals surface area contributed by atoms with Gasteiger partial charge in [-0.3, -0.25) is 5.10 Å². The van der Waals surface area contributed by atoms with Crippen molar-refractivity contribution < 1.29 is 18.7 Å². The van der Waals surface area contributed by atoms with Crippen LogP contribution in [0.2, 0.25) is 0 Å². The average Bonchev–Trinajstić information content (AvgIpc) is 3.22. The summed E-state index contributed by atoms with van der Waals surface area (Å²) in [6.45, 7) is 0. The van der Waals surface area contributed by atoms with Crippen molar-refractivity contribution in [3.8, 4) is 6.07 Å². The van der Waals surface area contributed by atoms with Crippen molar-refractivity contribution in [2.24, 2.45) is 5.92 Å². The highest BCUT2D eigenvalue weighted by molar-refractivity contribution is 6.02. The van der Waals surface area contributed by atoms with Gasteiger partial charge < -0.3 is 5.11 Å². The van der Waals surface area contributed by atoms with E-state index in [4.69, 9.17) is 5.11 Å². The van der Waals surface area contributed by atoms with Crippen LogP contribution in [0.15, 0.2) is 66.7 Å². The summed E-state index contributed by atoms with van der Waals surface area (Å²) in [5, 5.41) is 25.4.